The van der Waals surface area contributed by atoms with Crippen molar-refractivity contribution in [1.29, 1.82) is 0 Å². The number of hydrogen-bond donors (Lipinski definition) is 2. The Labute approximate surface area is 154 Å². The van der Waals surface area contributed by atoms with Crippen LogP contribution in [0.25, 0.3) is 5.70 Å². The van der Waals surface area contributed by atoms with Crippen LogP contribution in [0.3, 0.4) is 0 Å². The van der Waals surface area contributed by atoms with Crippen LogP contribution in [-0.2, 0) is 0 Å². The minimum atomic E-state index is 0.562. The van der Waals surface area contributed by atoms with Gasteiger partial charge in [-0.1, -0.05) is 51.5 Å². The van der Waals surface area contributed by atoms with Crippen LogP contribution in [0, 0.1) is 6.92 Å². The van der Waals surface area contributed by atoms with Gasteiger partial charge in [0.2, 0.25) is 0 Å². The molecule has 1 fully saturated rings. The molecule has 0 aliphatic heterocycles. The van der Waals surface area contributed by atoms with E-state index in [9.17, 15) is 0 Å². The first-order valence-corrected chi connectivity index (χ1v) is 9.82. The van der Waals surface area contributed by atoms with E-state index >= 15 is 0 Å². The normalized spacial score (nSPS) is 14.8. The fourth-order valence-electron chi connectivity index (χ4n) is 3.56. The van der Waals surface area contributed by atoms with E-state index in [-0.39, 0.29) is 0 Å². The molecule has 1 aliphatic carbocycles. The summed E-state index contributed by atoms with van der Waals surface area (Å²) in [5, 5.41) is 7.04. The van der Waals surface area contributed by atoms with E-state index in [1.807, 2.05) is 0 Å². The maximum absolute atomic E-state index is 4.32. The molecular formula is C22H35N3. The van der Waals surface area contributed by atoms with Crippen LogP contribution in [0.2, 0.25) is 0 Å². The van der Waals surface area contributed by atoms with Gasteiger partial charge in [0.25, 0.3) is 0 Å². The maximum atomic E-state index is 4.32. The summed E-state index contributed by atoms with van der Waals surface area (Å²) in [5.74, 6) is 0.902. The van der Waals surface area contributed by atoms with E-state index in [2.05, 4.69) is 67.7 Å². The summed E-state index contributed by atoms with van der Waals surface area (Å²) < 4.78 is 0. The first kappa shape index (κ1) is 19.4. The van der Waals surface area contributed by atoms with Gasteiger partial charge in [-0.15, -0.1) is 0 Å². The molecule has 25 heavy (non-hydrogen) atoms. The topological polar surface area (TPSA) is 27.3 Å². The monoisotopic (exact) mass is 341 g/mol. The molecule has 2 rings (SSSR count). The standard InChI is InChI=1S/C22H35N3/c1-6-15-25(7-2)18(4)20-14-13-17(3)22(16-20)24-19(5)23-21-11-9-8-10-12-21/h13-14,16,21,23-24H,4-12,15H2,1-3H3. The van der Waals surface area contributed by atoms with Crippen LogP contribution in [0.5, 0.6) is 0 Å². The zero-order chi connectivity index (χ0) is 18.2. The molecule has 1 aromatic rings. The van der Waals surface area contributed by atoms with Gasteiger partial charge >= 0.3 is 0 Å². The number of hydrogen-bond acceptors (Lipinski definition) is 3. The average Bonchev–Trinajstić information content (AvgIpc) is 2.61. The van der Waals surface area contributed by atoms with Crippen molar-refractivity contribution in [3.63, 3.8) is 0 Å². The van der Waals surface area contributed by atoms with Gasteiger partial charge in [0.15, 0.2) is 0 Å². The lowest BCUT2D eigenvalue weighted by Gasteiger charge is -2.27. The third-order valence-corrected chi connectivity index (χ3v) is 5.10. The lowest BCUT2D eigenvalue weighted by atomic mass is 9.95. The largest absolute Gasteiger partial charge is 0.372 e. The zero-order valence-electron chi connectivity index (χ0n) is 16.3. The van der Waals surface area contributed by atoms with E-state index in [0.29, 0.717) is 6.04 Å². The fourth-order valence-corrected chi connectivity index (χ4v) is 3.56. The van der Waals surface area contributed by atoms with Gasteiger partial charge in [0.1, 0.15) is 0 Å². The van der Waals surface area contributed by atoms with Crippen molar-refractivity contribution in [2.75, 3.05) is 18.4 Å². The van der Waals surface area contributed by atoms with Gasteiger partial charge in [0, 0.05) is 30.5 Å². The van der Waals surface area contributed by atoms with Crippen LogP contribution < -0.4 is 10.6 Å². The highest BCUT2D eigenvalue weighted by Crippen LogP contribution is 2.25. The van der Waals surface area contributed by atoms with Gasteiger partial charge in [-0.25, -0.2) is 0 Å². The second kappa shape index (κ2) is 9.55. The van der Waals surface area contributed by atoms with Crippen LogP contribution in [0.4, 0.5) is 5.69 Å². The summed E-state index contributed by atoms with van der Waals surface area (Å²) in [5.41, 5.74) is 4.60. The summed E-state index contributed by atoms with van der Waals surface area (Å²) in [6, 6.07) is 7.09. The molecule has 0 saturated heterocycles. The molecular weight excluding hydrogens is 306 g/mol. The quantitative estimate of drug-likeness (QED) is 0.621. The van der Waals surface area contributed by atoms with Gasteiger partial charge in [-0.05, 0) is 50.3 Å². The predicted octanol–water partition coefficient (Wildman–Crippen LogP) is 5.50. The first-order chi connectivity index (χ1) is 12.0. The van der Waals surface area contributed by atoms with E-state index in [1.54, 1.807) is 0 Å². The molecule has 2 N–H and O–H groups in total. The molecule has 0 aromatic heterocycles. The Morgan fingerprint density at radius 2 is 1.88 bits per heavy atom. The Hall–Kier alpha value is -1.90. The molecule has 0 unspecified atom stereocenters. The molecule has 0 amide bonds. The van der Waals surface area contributed by atoms with Crippen LogP contribution in [-0.4, -0.2) is 24.0 Å². The van der Waals surface area contributed by atoms with Gasteiger partial charge in [-0.2, -0.15) is 0 Å². The maximum Gasteiger partial charge on any atom is 0.0959 e. The number of nitrogens with one attached hydrogen (secondary N) is 2. The number of aryl methyl sites for hydroxylation is 1. The molecule has 1 saturated carbocycles. The van der Waals surface area contributed by atoms with Crippen LogP contribution in [0.1, 0.15) is 63.5 Å². The van der Waals surface area contributed by atoms with Gasteiger partial charge < -0.3 is 15.5 Å². The minimum Gasteiger partial charge on any atom is -0.372 e. The zero-order valence-corrected chi connectivity index (χ0v) is 16.3. The Bertz CT molecular complexity index is 585. The van der Waals surface area contributed by atoms with Gasteiger partial charge in [0.05, 0.1) is 5.82 Å². The van der Waals surface area contributed by atoms with Crippen molar-refractivity contribution in [1.82, 2.24) is 10.2 Å². The molecule has 138 valence electrons. The van der Waals surface area contributed by atoms with Crippen molar-refractivity contribution in [2.45, 2.75) is 65.3 Å². The second-order valence-corrected chi connectivity index (χ2v) is 7.14. The Kier molecular flexibility index (Phi) is 7.42. The van der Waals surface area contributed by atoms with E-state index < -0.39 is 0 Å². The number of rotatable bonds is 9. The smallest absolute Gasteiger partial charge is 0.0959 e. The number of anilines is 1. The van der Waals surface area contributed by atoms with Crippen molar-refractivity contribution in [2.24, 2.45) is 0 Å². The first-order valence-electron chi connectivity index (χ1n) is 9.82. The summed E-state index contributed by atoms with van der Waals surface area (Å²) >= 11 is 0. The predicted molar refractivity (Wildman–Crippen MR) is 111 cm³/mol. The molecule has 3 nitrogen and oxygen atoms in total. The molecule has 1 aliphatic rings. The summed E-state index contributed by atoms with van der Waals surface area (Å²) in [6.07, 6.45) is 7.64. The molecule has 0 bridgehead atoms. The van der Waals surface area contributed by atoms with Crippen LogP contribution in [0.15, 0.2) is 37.2 Å². The van der Waals surface area contributed by atoms with Crippen molar-refractivity contribution >= 4 is 11.4 Å². The SMILES string of the molecule is C=C(Nc1cc(C(=C)N(CC)CCC)ccc1C)NC1CCCCC1. The Morgan fingerprint density at radius 1 is 1.16 bits per heavy atom. The highest BCUT2D eigenvalue weighted by Gasteiger charge is 2.14. The molecule has 0 spiro atoms. The molecule has 3 heteroatoms. The third-order valence-electron chi connectivity index (χ3n) is 5.10. The molecule has 0 heterocycles. The second-order valence-electron chi connectivity index (χ2n) is 7.14. The fraction of sp³-hybridized carbons (Fsp3) is 0.545. The Balaban J connectivity index is 2.04. The van der Waals surface area contributed by atoms with Crippen molar-refractivity contribution < 1.29 is 0 Å². The summed E-state index contributed by atoms with van der Waals surface area (Å²) in [4.78, 5) is 2.34. The molecule has 0 radical (unpaired) electrons. The van der Waals surface area contributed by atoms with Gasteiger partial charge in [-0.3, -0.25) is 0 Å². The number of benzene rings is 1. The Morgan fingerprint density at radius 3 is 2.52 bits per heavy atom. The van der Waals surface area contributed by atoms with E-state index in [4.69, 9.17) is 0 Å². The molecule has 1 aromatic carbocycles. The summed E-state index contributed by atoms with van der Waals surface area (Å²) in [6.45, 7) is 17.1. The average molecular weight is 342 g/mol. The van der Waals surface area contributed by atoms with Crippen molar-refractivity contribution in [3.8, 4) is 0 Å². The van der Waals surface area contributed by atoms with E-state index in [0.717, 1.165) is 36.7 Å². The highest BCUT2D eigenvalue weighted by atomic mass is 15.1. The summed E-state index contributed by atoms with van der Waals surface area (Å²) in [7, 11) is 0. The minimum absolute atomic E-state index is 0.562. The lowest BCUT2D eigenvalue weighted by Crippen LogP contribution is -2.32. The molecule has 0 atom stereocenters. The lowest BCUT2D eigenvalue weighted by molar-refractivity contribution is 0.398. The van der Waals surface area contributed by atoms with Crippen molar-refractivity contribution in [3.05, 3.63) is 48.3 Å². The van der Waals surface area contributed by atoms with E-state index in [1.165, 1.54) is 43.2 Å². The van der Waals surface area contributed by atoms with Crippen LogP contribution >= 0.6 is 0 Å². The number of nitrogens with zero attached hydrogens (tertiary/aromatic N) is 1. The highest BCUT2D eigenvalue weighted by molar-refractivity contribution is 5.68. The third kappa shape index (κ3) is 5.55.